The van der Waals surface area contributed by atoms with Gasteiger partial charge in [-0.3, -0.25) is 0 Å². The van der Waals surface area contributed by atoms with Crippen molar-refractivity contribution in [2.24, 2.45) is 0 Å². The number of aromatic nitrogens is 2. The quantitative estimate of drug-likeness (QED) is 0.281. The highest BCUT2D eigenvalue weighted by molar-refractivity contribution is 5.65. The smallest absolute Gasteiger partial charge is 0.376 e. The third-order valence-corrected chi connectivity index (χ3v) is 6.46. The minimum atomic E-state index is -4.50. The van der Waals surface area contributed by atoms with Crippen molar-refractivity contribution in [3.63, 3.8) is 0 Å². The molecule has 1 heterocycles. The van der Waals surface area contributed by atoms with Crippen LogP contribution >= 0.6 is 0 Å². The highest BCUT2D eigenvalue weighted by Crippen LogP contribution is 2.37. The summed E-state index contributed by atoms with van der Waals surface area (Å²) in [7, 11) is 0. The molecule has 1 aliphatic rings. The molecule has 0 atom stereocenters. The van der Waals surface area contributed by atoms with Crippen molar-refractivity contribution in [3.8, 4) is 11.8 Å². The summed E-state index contributed by atoms with van der Waals surface area (Å²) in [6.45, 7) is 13.3. The summed E-state index contributed by atoms with van der Waals surface area (Å²) in [6.07, 6.45) is 4.41. The summed E-state index contributed by atoms with van der Waals surface area (Å²) in [5.41, 5.74) is 3.57. The molecule has 0 amide bonds. The van der Waals surface area contributed by atoms with Gasteiger partial charge in [-0.1, -0.05) is 36.1 Å². The molecule has 1 aromatic heterocycles. The second-order valence-corrected chi connectivity index (χ2v) is 10.8. The summed E-state index contributed by atoms with van der Waals surface area (Å²) < 4.78 is 41.5. The van der Waals surface area contributed by atoms with Gasteiger partial charge in [0.1, 0.15) is 0 Å². The van der Waals surface area contributed by atoms with Crippen LogP contribution in [0.5, 0.6) is 0 Å². The van der Waals surface area contributed by atoms with E-state index in [1.807, 2.05) is 52.8 Å². The summed E-state index contributed by atoms with van der Waals surface area (Å²) in [5, 5.41) is 6.56. The van der Waals surface area contributed by atoms with E-state index in [2.05, 4.69) is 39.0 Å². The predicted molar refractivity (Wildman–Crippen MR) is 156 cm³/mol. The predicted octanol–water partition coefficient (Wildman–Crippen LogP) is 8.00. The van der Waals surface area contributed by atoms with Crippen molar-refractivity contribution in [1.82, 2.24) is 9.97 Å². The third kappa shape index (κ3) is 7.44. The first kappa shape index (κ1) is 28.8. The van der Waals surface area contributed by atoms with Crippen molar-refractivity contribution in [1.29, 1.82) is 0 Å². The highest BCUT2D eigenvalue weighted by atomic mass is 19.4. The standard InChI is InChI=1S/C32H34F3N5/c1-7-40(20-21(2)3)29-16-26(32(33,34)35)15-28(17-29)39-31(5,6)25-11-8-22(4)24(14-25)10-9-23-18-36-30(37-19-23)38-27-12-13-27/h7-8,11,14-20,27,39H,1,12-13H2,2-6H3,(H,36,37,38). The Kier molecular flexibility index (Phi) is 8.24. The number of rotatable bonds is 8. The molecule has 4 rings (SSSR count). The van der Waals surface area contributed by atoms with E-state index in [4.69, 9.17) is 0 Å². The molecule has 0 unspecified atom stereocenters. The molecule has 0 aliphatic heterocycles. The molecule has 0 spiro atoms. The molecule has 1 fully saturated rings. The van der Waals surface area contributed by atoms with Gasteiger partial charge in [-0.2, -0.15) is 13.2 Å². The number of nitrogens with one attached hydrogen (secondary N) is 2. The van der Waals surface area contributed by atoms with Gasteiger partial charge in [0.05, 0.1) is 16.7 Å². The molecule has 40 heavy (non-hydrogen) atoms. The van der Waals surface area contributed by atoms with E-state index in [0.717, 1.165) is 47.2 Å². The van der Waals surface area contributed by atoms with Crippen LogP contribution in [0.1, 0.15) is 68.4 Å². The van der Waals surface area contributed by atoms with Gasteiger partial charge < -0.3 is 15.5 Å². The Morgan fingerprint density at radius 1 is 1.02 bits per heavy atom. The Morgan fingerprint density at radius 2 is 1.73 bits per heavy atom. The number of aryl methyl sites for hydroxylation is 1. The summed E-state index contributed by atoms with van der Waals surface area (Å²) in [5.74, 6) is 6.93. The van der Waals surface area contributed by atoms with Gasteiger partial charge in [-0.15, -0.1) is 0 Å². The summed E-state index contributed by atoms with van der Waals surface area (Å²) >= 11 is 0. The average molecular weight is 546 g/mol. The molecule has 1 aliphatic carbocycles. The molecule has 208 valence electrons. The molecule has 2 aromatic carbocycles. The van der Waals surface area contributed by atoms with Crippen molar-refractivity contribution in [3.05, 3.63) is 101 Å². The van der Waals surface area contributed by atoms with Gasteiger partial charge in [0.15, 0.2) is 0 Å². The topological polar surface area (TPSA) is 53.1 Å². The van der Waals surface area contributed by atoms with Crippen LogP contribution in [0, 0.1) is 18.8 Å². The zero-order valence-electron chi connectivity index (χ0n) is 23.4. The molecule has 0 radical (unpaired) electrons. The number of halogens is 3. The largest absolute Gasteiger partial charge is 0.416 e. The van der Waals surface area contributed by atoms with E-state index < -0.39 is 17.3 Å². The van der Waals surface area contributed by atoms with Gasteiger partial charge in [0.25, 0.3) is 0 Å². The fourth-order valence-electron chi connectivity index (χ4n) is 4.10. The fraction of sp³-hybridized carbons (Fsp3) is 0.312. The highest BCUT2D eigenvalue weighted by Gasteiger charge is 2.32. The Balaban J connectivity index is 1.62. The van der Waals surface area contributed by atoms with Gasteiger partial charge in [-0.25, -0.2) is 9.97 Å². The monoisotopic (exact) mass is 545 g/mol. The van der Waals surface area contributed by atoms with Crippen LogP contribution in [-0.4, -0.2) is 16.0 Å². The minimum Gasteiger partial charge on any atom is -0.376 e. The number of hydrogen-bond acceptors (Lipinski definition) is 5. The Bertz CT molecular complexity index is 1470. The second-order valence-electron chi connectivity index (χ2n) is 10.8. The zero-order chi connectivity index (χ0) is 29.1. The van der Waals surface area contributed by atoms with Crippen molar-refractivity contribution in [2.45, 2.75) is 65.2 Å². The van der Waals surface area contributed by atoms with E-state index in [1.54, 1.807) is 29.6 Å². The first-order valence-electron chi connectivity index (χ1n) is 13.1. The maximum absolute atomic E-state index is 13.8. The maximum Gasteiger partial charge on any atom is 0.416 e. The Hall–Kier alpha value is -4.25. The van der Waals surface area contributed by atoms with Crippen molar-refractivity contribution >= 4 is 17.3 Å². The SMILES string of the molecule is C=CN(C=C(C)C)c1cc(NC(C)(C)c2ccc(C)c(C#Cc3cnc(NC4CC4)nc3)c2)cc(C(F)(F)F)c1. The van der Waals surface area contributed by atoms with Gasteiger partial charge in [0.2, 0.25) is 5.95 Å². The molecule has 8 heteroatoms. The molecule has 0 bridgehead atoms. The lowest BCUT2D eigenvalue weighted by Gasteiger charge is -2.30. The number of hydrogen-bond donors (Lipinski definition) is 2. The van der Waals surface area contributed by atoms with Crippen LogP contribution < -0.4 is 15.5 Å². The number of nitrogens with zero attached hydrogens (tertiary/aromatic N) is 3. The molecule has 3 aromatic rings. The summed E-state index contributed by atoms with van der Waals surface area (Å²) in [4.78, 5) is 10.3. The van der Waals surface area contributed by atoms with Crippen LogP contribution in [0.4, 0.5) is 30.5 Å². The van der Waals surface area contributed by atoms with E-state index in [1.165, 1.54) is 6.20 Å². The summed E-state index contributed by atoms with van der Waals surface area (Å²) in [6, 6.07) is 10.3. The fourth-order valence-corrected chi connectivity index (χ4v) is 4.10. The number of alkyl halides is 3. The lowest BCUT2D eigenvalue weighted by Crippen LogP contribution is -2.28. The first-order valence-corrected chi connectivity index (χ1v) is 13.1. The lowest BCUT2D eigenvalue weighted by molar-refractivity contribution is -0.137. The molecular formula is C32H34F3N5. The van der Waals surface area contributed by atoms with E-state index in [0.29, 0.717) is 28.9 Å². The normalized spacial score (nSPS) is 13.1. The Labute approximate surface area is 234 Å². The third-order valence-electron chi connectivity index (χ3n) is 6.46. The number of benzene rings is 2. The van der Waals surface area contributed by atoms with Crippen LogP contribution in [0.3, 0.4) is 0 Å². The molecular weight excluding hydrogens is 511 g/mol. The van der Waals surface area contributed by atoms with Crippen LogP contribution in [0.2, 0.25) is 0 Å². The first-order chi connectivity index (χ1) is 18.8. The zero-order valence-corrected chi connectivity index (χ0v) is 23.4. The van der Waals surface area contributed by atoms with Gasteiger partial charge in [-0.05, 0) is 82.9 Å². The van der Waals surface area contributed by atoms with Crippen LogP contribution in [-0.2, 0) is 11.7 Å². The van der Waals surface area contributed by atoms with Crippen LogP contribution in [0.25, 0.3) is 0 Å². The average Bonchev–Trinajstić information content (AvgIpc) is 3.70. The van der Waals surface area contributed by atoms with E-state index in [9.17, 15) is 13.2 Å². The molecule has 0 saturated heterocycles. The van der Waals surface area contributed by atoms with Crippen molar-refractivity contribution in [2.75, 3.05) is 15.5 Å². The Morgan fingerprint density at radius 3 is 2.33 bits per heavy atom. The second kappa shape index (κ2) is 11.5. The maximum atomic E-state index is 13.8. The lowest BCUT2D eigenvalue weighted by atomic mass is 9.90. The molecule has 1 saturated carbocycles. The number of allylic oxidation sites excluding steroid dienone is 1. The molecule has 2 N–H and O–H groups in total. The molecule has 5 nitrogen and oxygen atoms in total. The van der Waals surface area contributed by atoms with Crippen molar-refractivity contribution < 1.29 is 13.2 Å². The van der Waals surface area contributed by atoms with Crippen LogP contribution in [0.15, 0.2) is 73.3 Å². The van der Waals surface area contributed by atoms with Gasteiger partial charge in [0, 0.05) is 47.8 Å². The number of anilines is 3. The van der Waals surface area contributed by atoms with Gasteiger partial charge >= 0.3 is 6.18 Å². The van der Waals surface area contributed by atoms with E-state index >= 15 is 0 Å². The minimum absolute atomic E-state index is 0.342. The van der Waals surface area contributed by atoms with E-state index in [-0.39, 0.29) is 0 Å².